The van der Waals surface area contributed by atoms with Crippen LogP contribution in [0.15, 0.2) is 11.6 Å². The van der Waals surface area contributed by atoms with Crippen LogP contribution in [-0.2, 0) is 14.3 Å². The standard InChI is InChI=1S/C23H39N3O4/c1-17(19-7-5-6-8-19)15-21(28)26-13-10-18(11-14-26)16-25-20(27)9-12-24-22(29)30-23(2,3)4/h15,18-19H,5-14,16H2,1-4H3,(H,24,29)(H,25,27)/b17-15+. The molecule has 2 N–H and O–H groups in total. The van der Waals surface area contributed by atoms with Crippen molar-refractivity contribution in [2.24, 2.45) is 11.8 Å². The van der Waals surface area contributed by atoms with Gasteiger partial charge in [0, 0.05) is 38.7 Å². The van der Waals surface area contributed by atoms with Crippen molar-refractivity contribution in [3.63, 3.8) is 0 Å². The number of amides is 3. The Kier molecular flexibility index (Phi) is 9.18. The molecule has 1 aliphatic carbocycles. The topological polar surface area (TPSA) is 87.7 Å². The van der Waals surface area contributed by atoms with Crippen LogP contribution in [0.1, 0.15) is 72.6 Å². The summed E-state index contributed by atoms with van der Waals surface area (Å²) in [6, 6.07) is 0. The van der Waals surface area contributed by atoms with Gasteiger partial charge in [-0.05, 0) is 65.2 Å². The highest BCUT2D eigenvalue weighted by atomic mass is 16.6. The van der Waals surface area contributed by atoms with Gasteiger partial charge in [-0.1, -0.05) is 18.4 Å². The molecule has 7 nitrogen and oxygen atoms in total. The zero-order valence-corrected chi connectivity index (χ0v) is 19.1. The molecule has 3 amide bonds. The van der Waals surface area contributed by atoms with E-state index in [1.54, 1.807) is 20.8 Å². The summed E-state index contributed by atoms with van der Waals surface area (Å²) in [7, 11) is 0. The van der Waals surface area contributed by atoms with Crippen molar-refractivity contribution in [2.45, 2.75) is 78.2 Å². The number of carbonyl (C=O) groups is 3. The third-order valence-electron chi connectivity index (χ3n) is 5.88. The normalized spacial score (nSPS) is 18.9. The van der Waals surface area contributed by atoms with Crippen molar-refractivity contribution in [1.29, 1.82) is 0 Å². The Morgan fingerprint density at radius 1 is 1.03 bits per heavy atom. The van der Waals surface area contributed by atoms with Crippen LogP contribution in [0.4, 0.5) is 4.79 Å². The highest BCUT2D eigenvalue weighted by Crippen LogP contribution is 2.30. The van der Waals surface area contributed by atoms with Crippen LogP contribution < -0.4 is 10.6 Å². The molecule has 0 aromatic carbocycles. The Morgan fingerprint density at radius 3 is 2.27 bits per heavy atom. The molecule has 0 aromatic rings. The third-order valence-corrected chi connectivity index (χ3v) is 5.88. The van der Waals surface area contributed by atoms with E-state index in [2.05, 4.69) is 17.6 Å². The highest BCUT2D eigenvalue weighted by Gasteiger charge is 2.24. The van der Waals surface area contributed by atoms with Gasteiger partial charge in [-0.3, -0.25) is 9.59 Å². The summed E-state index contributed by atoms with van der Waals surface area (Å²) in [4.78, 5) is 38.0. The molecule has 2 rings (SSSR count). The first-order chi connectivity index (χ1) is 14.1. The van der Waals surface area contributed by atoms with E-state index in [1.807, 2.05) is 11.0 Å². The Morgan fingerprint density at radius 2 is 1.67 bits per heavy atom. The summed E-state index contributed by atoms with van der Waals surface area (Å²) >= 11 is 0. The van der Waals surface area contributed by atoms with Gasteiger partial charge in [0.05, 0.1) is 0 Å². The summed E-state index contributed by atoms with van der Waals surface area (Å²) in [5, 5.41) is 5.53. The van der Waals surface area contributed by atoms with Crippen LogP contribution in [0.25, 0.3) is 0 Å². The minimum absolute atomic E-state index is 0.0836. The van der Waals surface area contributed by atoms with Gasteiger partial charge >= 0.3 is 6.09 Å². The van der Waals surface area contributed by atoms with Gasteiger partial charge in [-0.2, -0.15) is 0 Å². The first kappa shape index (κ1) is 24.2. The molecule has 2 aliphatic rings. The average Bonchev–Trinajstić information content (AvgIpc) is 3.20. The molecule has 0 spiro atoms. The number of allylic oxidation sites excluding steroid dienone is 1. The van der Waals surface area contributed by atoms with Crippen molar-refractivity contribution in [3.05, 3.63) is 11.6 Å². The van der Waals surface area contributed by atoms with E-state index in [0.29, 0.717) is 18.4 Å². The van der Waals surface area contributed by atoms with Crippen molar-refractivity contribution in [3.8, 4) is 0 Å². The second kappa shape index (κ2) is 11.4. The lowest BCUT2D eigenvalue weighted by Gasteiger charge is -2.31. The van der Waals surface area contributed by atoms with E-state index in [0.717, 1.165) is 25.9 Å². The second-order valence-electron chi connectivity index (χ2n) is 9.62. The Balaban J connectivity index is 1.60. The number of ether oxygens (including phenoxy) is 1. The van der Waals surface area contributed by atoms with E-state index >= 15 is 0 Å². The quantitative estimate of drug-likeness (QED) is 0.617. The van der Waals surface area contributed by atoms with E-state index in [1.165, 1.54) is 31.3 Å². The maximum Gasteiger partial charge on any atom is 0.407 e. The molecular formula is C23H39N3O4. The first-order valence-corrected chi connectivity index (χ1v) is 11.3. The van der Waals surface area contributed by atoms with Gasteiger partial charge in [0.25, 0.3) is 0 Å². The van der Waals surface area contributed by atoms with Crippen molar-refractivity contribution in [2.75, 3.05) is 26.2 Å². The largest absolute Gasteiger partial charge is 0.444 e. The summed E-state index contributed by atoms with van der Waals surface area (Å²) in [5.74, 6) is 1.03. The van der Waals surface area contributed by atoms with Gasteiger partial charge in [0.15, 0.2) is 0 Å². The minimum Gasteiger partial charge on any atom is -0.444 e. The number of piperidine rings is 1. The van der Waals surface area contributed by atoms with Gasteiger partial charge in [-0.25, -0.2) is 4.79 Å². The fourth-order valence-corrected chi connectivity index (χ4v) is 4.08. The van der Waals surface area contributed by atoms with Crippen LogP contribution in [0.3, 0.4) is 0 Å². The van der Waals surface area contributed by atoms with Crippen molar-refractivity contribution < 1.29 is 19.1 Å². The van der Waals surface area contributed by atoms with Crippen LogP contribution in [0.5, 0.6) is 0 Å². The highest BCUT2D eigenvalue weighted by molar-refractivity contribution is 5.88. The fourth-order valence-electron chi connectivity index (χ4n) is 4.08. The third kappa shape index (κ3) is 8.76. The van der Waals surface area contributed by atoms with Crippen LogP contribution in [0.2, 0.25) is 0 Å². The summed E-state index contributed by atoms with van der Waals surface area (Å²) < 4.78 is 5.14. The molecule has 0 bridgehead atoms. The Hall–Kier alpha value is -2.05. The van der Waals surface area contributed by atoms with E-state index in [9.17, 15) is 14.4 Å². The van der Waals surface area contributed by atoms with E-state index in [-0.39, 0.29) is 24.8 Å². The number of carbonyl (C=O) groups excluding carboxylic acids is 3. The SMILES string of the molecule is C/C(=C\C(=O)N1CCC(CNC(=O)CCNC(=O)OC(C)(C)C)CC1)C1CCCC1. The predicted molar refractivity (Wildman–Crippen MR) is 117 cm³/mol. The zero-order valence-electron chi connectivity index (χ0n) is 19.1. The number of nitrogens with zero attached hydrogens (tertiary/aromatic N) is 1. The molecule has 7 heteroatoms. The number of hydrogen-bond donors (Lipinski definition) is 2. The van der Waals surface area contributed by atoms with Gasteiger partial charge in [-0.15, -0.1) is 0 Å². The van der Waals surface area contributed by atoms with E-state index in [4.69, 9.17) is 4.74 Å². The number of rotatable bonds is 7. The molecule has 0 radical (unpaired) electrons. The van der Waals surface area contributed by atoms with E-state index < -0.39 is 11.7 Å². The Labute approximate surface area is 181 Å². The van der Waals surface area contributed by atoms with Gasteiger partial charge in [0.1, 0.15) is 5.60 Å². The molecule has 1 saturated heterocycles. The molecule has 0 unspecified atom stereocenters. The summed E-state index contributed by atoms with van der Waals surface area (Å²) in [5.41, 5.74) is 0.681. The lowest BCUT2D eigenvalue weighted by atomic mass is 9.95. The molecule has 0 aromatic heterocycles. The monoisotopic (exact) mass is 421 g/mol. The molecule has 1 saturated carbocycles. The number of alkyl carbamates (subject to hydrolysis) is 1. The molecule has 2 fully saturated rings. The molecule has 0 atom stereocenters. The van der Waals surface area contributed by atoms with Crippen LogP contribution in [0, 0.1) is 11.8 Å². The van der Waals surface area contributed by atoms with Gasteiger partial charge < -0.3 is 20.3 Å². The summed E-state index contributed by atoms with van der Waals surface area (Å²) in [6.07, 6.45) is 8.34. The lowest BCUT2D eigenvalue weighted by Crippen LogP contribution is -2.41. The lowest BCUT2D eigenvalue weighted by molar-refractivity contribution is -0.128. The number of hydrogen-bond acceptors (Lipinski definition) is 4. The van der Waals surface area contributed by atoms with Crippen LogP contribution in [-0.4, -0.2) is 54.6 Å². The molecule has 1 heterocycles. The molecule has 30 heavy (non-hydrogen) atoms. The summed E-state index contributed by atoms with van der Waals surface area (Å²) in [6.45, 7) is 9.84. The number of likely N-dealkylation sites (tertiary alicyclic amines) is 1. The smallest absolute Gasteiger partial charge is 0.407 e. The number of nitrogens with one attached hydrogen (secondary N) is 2. The predicted octanol–water partition coefficient (Wildman–Crippen LogP) is 3.39. The first-order valence-electron chi connectivity index (χ1n) is 11.3. The maximum atomic E-state index is 12.5. The fraction of sp³-hybridized carbons (Fsp3) is 0.783. The molecular weight excluding hydrogens is 382 g/mol. The molecule has 170 valence electrons. The minimum atomic E-state index is -0.548. The zero-order chi connectivity index (χ0) is 22.1. The molecule has 1 aliphatic heterocycles. The Bertz CT molecular complexity index is 625. The maximum absolute atomic E-state index is 12.5. The van der Waals surface area contributed by atoms with Crippen molar-refractivity contribution in [1.82, 2.24) is 15.5 Å². The second-order valence-corrected chi connectivity index (χ2v) is 9.62. The van der Waals surface area contributed by atoms with Crippen LogP contribution >= 0.6 is 0 Å². The van der Waals surface area contributed by atoms with Gasteiger partial charge in [0.2, 0.25) is 11.8 Å². The van der Waals surface area contributed by atoms with Crippen molar-refractivity contribution >= 4 is 17.9 Å². The average molecular weight is 422 g/mol.